The van der Waals surface area contributed by atoms with Crippen LogP contribution in [-0.4, -0.2) is 53.1 Å². The number of terminal acetylenes is 1. The first kappa shape index (κ1) is 15.7. The van der Waals surface area contributed by atoms with Gasteiger partial charge in [-0.05, 0) is 43.9 Å². The molecule has 1 aliphatic heterocycles. The second kappa shape index (κ2) is 7.35. The molecule has 0 aromatic carbocycles. The summed E-state index contributed by atoms with van der Waals surface area (Å²) in [7, 11) is 0. The highest BCUT2D eigenvalue weighted by atomic mass is 16.4. The number of carboxylic acids is 1. The van der Waals surface area contributed by atoms with Crippen LogP contribution in [0.1, 0.15) is 38.5 Å². The minimum absolute atomic E-state index is 0.0523. The number of amides is 2. The van der Waals surface area contributed by atoms with Gasteiger partial charge in [-0.2, -0.15) is 0 Å². The van der Waals surface area contributed by atoms with Gasteiger partial charge in [0.05, 0.1) is 6.54 Å². The fourth-order valence-corrected chi connectivity index (χ4v) is 2.87. The first-order valence-corrected chi connectivity index (χ1v) is 7.79. The molecule has 0 bridgehead atoms. The Morgan fingerprint density at radius 2 is 1.86 bits per heavy atom. The summed E-state index contributed by atoms with van der Waals surface area (Å²) in [6.45, 7) is 2.60. The summed E-state index contributed by atoms with van der Waals surface area (Å²) in [5.74, 6) is 2.90. The van der Waals surface area contributed by atoms with Crippen LogP contribution in [0.5, 0.6) is 0 Å². The summed E-state index contributed by atoms with van der Waals surface area (Å²) in [6.07, 6.45) is 10.5. The largest absolute Gasteiger partial charge is 0.481 e. The molecule has 1 saturated carbocycles. The molecule has 1 N–H and O–H groups in total. The summed E-state index contributed by atoms with van der Waals surface area (Å²) in [4.78, 5) is 26.7. The second-order valence-electron chi connectivity index (χ2n) is 6.17. The maximum absolute atomic E-state index is 12.5. The summed E-state index contributed by atoms with van der Waals surface area (Å²) in [5.41, 5.74) is 0. The van der Waals surface area contributed by atoms with Crippen LogP contribution in [0.3, 0.4) is 0 Å². The van der Waals surface area contributed by atoms with Crippen LogP contribution < -0.4 is 0 Å². The van der Waals surface area contributed by atoms with E-state index in [2.05, 4.69) is 5.92 Å². The highest BCUT2D eigenvalue weighted by Crippen LogP contribution is 2.30. The average Bonchev–Trinajstić information content (AvgIpc) is 3.28. The maximum Gasteiger partial charge on any atom is 0.320 e. The summed E-state index contributed by atoms with van der Waals surface area (Å²) < 4.78 is 0. The Morgan fingerprint density at radius 3 is 2.38 bits per heavy atom. The Kier molecular flexibility index (Phi) is 5.49. The number of piperidine rings is 1. The molecule has 21 heavy (non-hydrogen) atoms. The van der Waals surface area contributed by atoms with E-state index in [1.54, 1.807) is 4.90 Å². The van der Waals surface area contributed by atoms with E-state index >= 15 is 0 Å². The number of likely N-dealkylation sites (tertiary alicyclic amines) is 1. The molecule has 116 valence electrons. The standard InChI is InChI=1S/C16H24N2O3/c1-2-9-18(12-14-3-4-14)16(21)17-10-7-13(8-11-17)5-6-15(19)20/h1,13-14H,3-12H2,(H,19,20). The molecule has 5 nitrogen and oxygen atoms in total. The van der Waals surface area contributed by atoms with E-state index in [0.29, 0.717) is 24.8 Å². The van der Waals surface area contributed by atoms with Crippen molar-refractivity contribution in [3.8, 4) is 12.3 Å². The van der Waals surface area contributed by atoms with Gasteiger partial charge in [0.2, 0.25) is 0 Å². The molecule has 2 rings (SSSR count). The third kappa shape index (κ3) is 4.96. The third-order valence-corrected chi connectivity index (χ3v) is 4.38. The van der Waals surface area contributed by atoms with Crippen LogP contribution in [0, 0.1) is 24.2 Å². The number of hydrogen-bond donors (Lipinski definition) is 1. The SMILES string of the molecule is C#CCN(CC1CC1)C(=O)N1CCC(CCC(=O)O)CC1. The van der Waals surface area contributed by atoms with E-state index in [1.165, 1.54) is 12.8 Å². The van der Waals surface area contributed by atoms with Crippen LogP contribution in [0.2, 0.25) is 0 Å². The highest BCUT2D eigenvalue weighted by Gasteiger charge is 2.30. The van der Waals surface area contributed by atoms with Crippen LogP contribution in [0.15, 0.2) is 0 Å². The molecule has 2 aliphatic rings. The molecule has 2 fully saturated rings. The molecule has 2 amide bonds. The monoisotopic (exact) mass is 292 g/mol. The van der Waals surface area contributed by atoms with E-state index < -0.39 is 5.97 Å². The maximum atomic E-state index is 12.5. The van der Waals surface area contributed by atoms with Gasteiger partial charge >= 0.3 is 12.0 Å². The molecular weight excluding hydrogens is 268 g/mol. The Bertz CT molecular complexity index is 418. The van der Waals surface area contributed by atoms with E-state index in [4.69, 9.17) is 11.5 Å². The average molecular weight is 292 g/mol. The second-order valence-corrected chi connectivity index (χ2v) is 6.17. The summed E-state index contributed by atoms with van der Waals surface area (Å²) in [5, 5.41) is 8.72. The smallest absolute Gasteiger partial charge is 0.320 e. The van der Waals surface area contributed by atoms with Crippen molar-refractivity contribution in [1.29, 1.82) is 0 Å². The minimum atomic E-state index is -0.738. The zero-order valence-electron chi connectivity index (χ0n) is 12.5. The number of carbonyl (C=O) groups is 2. The van der Waals surface area contributed by atoms with Gasteiger partial charge in [0.25, 0.3) is 0 Å². The van der Waals surface area contributed by atoms with Gasteiger partial charge in [0.15, 0.2) is 0 Å². The van der Waals surface area contributed by atoms with Crippen LogP contribution in [0.25, 0.3) is 0 Å². The van der Waals surface area contributed by atoms with Crippen LogP contribution in [-0.2, 0) is 4.79 Å². The van der Waals surface area contributed by atoms with Crippen molar-refractivity contribution in [2.45, 2.75) is 38.5 Å². The lowest BCUT2D eigenvalue weighted by atomic mass is 9.92. The fourth-order valence-electron chi connectivity index (χ4n) is 2.87. The molecule has 0 atom stereocenters. The molecule has 0 unspecified atom stereocenters. The van der Waals surface area contributed by atoms with Crippen molar-refractivity contribution in [2.24, 2.45) is 11.8 Å². The predicted octanol–water partition coefficient (Wildman–Crippen LogP) is 2.03. The molecule has 5 heteroatoms. The number of nitrogens with zero attached hydrogens (tertiary/aromatic N) is 2. The Hall–Kier alpha value is -1.70. The topological polar surface area (TPSA) is 60.9 Å². The van der Waals surface area contributed by atoms with Gasteiger partial charge in [-0.3, -0.25) is 4.79 Å². The number of aliphatic carboxylic acids is 1. The van der Waals surface area contributed by atoms with E-state index in [0.717, 1.165) is 32.5 Å². The normalized spacial score (nSPS) is 19.1. The molecule has 0 aromatic rings. The van der Waals surface area contributed by atoms with Gasteiger partial charge in [-0.25, -0.2) is 4.79 Å². The van der Waals surface area contributed by atoms with E-state index in [1.807, 2.05) is 4.90 Å². The number of carboxylic acid groups (broad SMARTS) is 1. The van der Waals surface area contributed by atoms with Gasteiger partial charge in [0.1, 0.15) is 0 Å². The number of rotatable bonds is 6. The van der Waals surface area contributed by atoms with E-state index in [9.17, 15) is 9.59 Å². The van der Waals surface area contributed by atoms with Gasteiger partial charge in [0, 0.05) is 26.1 Å². The highest BCUT2D eigenvalue weighted by molar-refractivity contribution is 5.75. The number of hydrogen-bond acceptors (Lipinski definition) is 2. The number of urea groups is 1. The van der Waals surface area contributed by atoms with Gasteiger partial charge in [-0.1, -0.05) is 5.92 Å². The Labute approximate surface area is 126 Å². The molecule has 0 spiro atoms. The molecular formula is C16H24N2O3. The van der Waals surface area contributed by atoms with Crippen molar-refractivity contribution in [3.63, 3.8) is 0 Å². The van der Waals surface area contributed by atoms with E-state index in [-0.39, 0.29) is 12.5 Å². The minimum Gasteiger partial charge on any atom is -0.481 e. The zero-order valence-corrected chi connectivity index (χ0v) is 12.5. The van der Waals surface area contributed by atoms with Crippen LogP contribution in [0.4, 0.5) is 4.79 Å². The van der Waals surface area contributed by atoms with Crippen molar-refractivity contribution in [2.75, 3.05) is 26.2 Å². The lowest BCUT2D eigenvalue weighted by Crippen LogP contribution is -2.47. The molecule has 1 saturated heterocycles. The molecule has 1 heterocycles. The summed E-state index contributed by atoms with van der Waals surface area (Å²) >= 11 is 0. The van der Waals surface area contributed by atoms with Crippen molar-refractivity contribution < 1.29 is 14.7 Å². The van der Waals surface area contributed by atoms with Crippen molar-refractivity contribution >= 4 is 12.0 Å². The first-order valence-electron chi connectivity index (χ1n) is 7.79. The van der Waals surface area contributed by atoms with Crippen molar-refractivity contribution in [3.05, 3.63) is 0 Å². The Balaban J connectivity index is 1.78. The molecule has 1 aliphatic carbocycles. The van der Waals surface area contributed by atoms with Gasteiger partial charge in [-0.15, -0.1) is 6.42 Å². The third-order valence-electron chi connectivity index (χ3n) is 4.38. The zero-order chi connectivity index (χ0) is 15.2. The van der Waals surface area contributed by atoms with Gasteiger partial charge < -0.3 is 14.9 Å². The fraction of sp³-hybridized carbons (Fsp3) is 0.750. The summed E-state index contributed by atoms with van der Waals surface area (Å²) in [6, 6.07) is 0.0523. The van der Waals surface area contributed by atoms with Crippen molar-refractivity contribution in [1.82, 2.24) is 9.80 Å². The number of carbonyl (C=O) groups excluding carboxylic acids is 1. The lowest BCUT2D eigenvalue weighted by Gasteiger charge is -2.35. The molecule has 0 radical (unpaired) electrons. The lowest BCUT2D eigenvalue weighted by molar-refractivity contribution is -0.137. The quantitative estimate of drug-likeness (QED) is 0.762. The molecule has 0 aromatic heterocycles. The predicted molar refractivity (Wildman–Crippen MR) is 79.7 cm³/mol. The Morgan fingerprint density at radius 1 is 1.19 bits per heavy atom. The van der Waals surface area contributed by atoms with Crippen LogP contribution >= 0.6 is 0 Å². The first-order chi connectivity index (χ1) is 10.1.